The maximum atomic E-state index is 3.38. The molecule has 2 nitrogen and oxygen atoms in total. The Labute approximate surface area is 69.2 Å². The topological polar surface area (TPSA) is 15.3 Å². The largest absolute Gasteiger partial charge is 0.312 e. The first kappa shape index (κ1) is 8.60. The van der Waals surface area contributed by atoms with Crippen molar-refractivity contribution in [3.05, 3.63) is 11.8 Å². The van der Waals surface area contributed by atoms with E-state index >= 15 is 0 Å². The highest BCUT2D eigenvalue weighted by molar-refractivity contribution is 5.07. The first-order valence-electron chi connectivity index (χ1n) is 4.31. The lowest BCUT2D eigenvalue weighted by molar-refractivity contribution is 0.232. The van der Waals surface area contributed by atoms with Crippen molar-refractivity contribution in [3.63, 3.8) is 0 Å². The number of allylic oxidation sites excluding steroid dienone is 1. The van der Waals surface area contributed by atoms with E-state index in [1.165, 1.54) is 5.70 Å². The van der Waals surface area contributed by atoms with Crippen LogP contribution in [-0.2, 0) is 0 Å². The molecule has 0 aromatic rings. The molecule has 0 saturated heterocycles. The van der Waals surface area contributed by atoms with E-state index in [0.29, 0.717) is 6.04 Å². The molecule has 2 heteroatoms. The van der Waals surface area contributed by atoms with Gasteiger partial charge in [-0.1, -0.05) is 13.8 Å². The zero-order chi connectivity index (χ0) is 8.43. The maximum absolute atomic E-state index is 3.38. The lowest BCUT2D eigenvalue weighted by atomic mass is 10.2. The van der Waals surface area contributed by atoms with E-state index in [1.54, 1.807) is 0 Å². The van der Waals surface area contributed by atoms with Crippen molar-refractivity contribution >= 4 is 0 Å². The lowest BCUT2D eigenvalue weighted by Gasteiger charge is -2.23. The molecule has 1 rings (SSSR count). The van der Waals surface area contributed by atoms with Crippen molar-refractivity contribution in [1.29, 1.82) is 0 Å². The first-order valence-corrected chi connectivity index (χ1v) is 4.31. The molecule has 64 valence electrons. The van der Waals surface area contributed by atoms with E-state index in [4.69, 9.17) is 0 Å². The van der Waals surface area contributed by atoms with Crippen LogP contribution >= 0.6 is 0 Å². The van der Waals surface area contributed by atoms with Crippen LogP contribution in [0.4, 0.5) is 0 Å². The van der Waals surface area contributed by atoms with E-state index in [9.17, 15) is 0 Å². The molecule has 1 N–H and O–H groups in total. The van der Waals surface area contributed by atoms with Crippen LogP contribution in [0.1, 0.15) is 27.7 Å². The van der Waals surface area contributed by atoms with Gasteiger partial charge in [-0.2, -0.15) is 0 Å². The number of hydrazine groups is 1. The quantitative estimate of drug-likeness (QED) is 0.652. The second-order valence-electron chi connectivity index (χ2n) is 3.73. The molecule has 1 heterocycles. The van der Waals surface area contributed by atoms with E-state index in [2.05, 4.69) is 44.2 Å². The molecule has 0 amide bonds. The van der Waals surface area contributed by atoms with Crippen molar-refractivity contribution in [1.82, 2.24) is 10.4 Å². The van der Waals surface area contributed by atoms with Crippen LogP contribution in [0.3, 0.4) is 0 Å². The fraction of sp³-hybridized carbons (Fsp3) is 0.778. The van der Waals surface area contributed by atoms with Crippen molar-refractivity contribution in [3.8, 4) is 0 Å². The zero-order valence-electron chi connectivity index (χ0n) is 7.89. The Bertz CT molecular complexity index is 161. The molecule has 11 heavy (non-hydrogen) atoms. The molecule has 0 bridgehead atoms. The summed E-state index contributed by atoms with van der Waals surface area (Å²) in [5.41, 5.74) is 4.73. The van der Waals surface area contributed by atoms with Crippen LogP contribution in [0.2, 0.25) is 0 Å². The van der Waals surface area contributed by atoms with Crippen LogP contribution in [0, 0.1) is 5.92 Å². The number of nitrogens with zero attached hydrogens (tertiary/aromatic N) is 1. The Kier molecular flexibility index (Phi) is 2.55. The molecular formula is C9H18N2. The summed E-state index contributed by atoms with van der Waals surface area (Å²) in [5, 5.41) is 2.23. The van der Waals surface area contributed by atoms with E-state index in [0.717, 1.165) is 12.5 Å². The average molecular weight is 154 g/mol. The molecule has 0 aromatic carbocycles. The van der Waals surface area contributed by atoms with Gasteiger partial charge in [-0.05, 0) is 25.8 Å². The van der Waals surface area contributed by atoms with E-state index in [1.807, 2.05) is 0 Å². The summed E-state index contributed by atoms with van der Waals surface area (Å²) in [4.78, 5) is 0. The molecule has 1 unspecified atom stereocenters. The van der Waals surface area contributed by atoms with Crippen molar-refractivity contribution in [2.45, 2.75) is 33.7 Å². The SMILES string of the molecule is CC1=CC(C)NN1CC(C)C. The Morgan fingerprint density at radius 3 is 2.64 bits per heavy atom. The van der Waals surface area contributed by atoms with Gasteiger partial charge in [0, 0.05) is 18.3 Å². The van der Waals surface area contributed by atoms with Gasteiger partial charge in [-0.25, -0.2) is 5.43 Å². The highest BCUT2D eigenvalue weighted by Gasteiger charge is 2.16. The second kappa shape index (κ2) is 3.26. The van der Waals surface area contributed by atoms with Crippen LogP contribution in [0.25, 0.3) is 0 Å². The monoisotopic (exact) mass is 154 g/mol. The summed E-state index contributed by atoms with van der Waals surface area (Å²) in [6.45, 7) is 9.89. The molecular weight excluding hydrogens is 136 g/mol. The predicted octanol–water partition coefficient (Wildman–Crippen LogP) is 1.75. The molecule has 1 aliphatic rings. The van der Waals surface area contributed by atoms with Gasteiger partial charge in [0.05, 0.1) is 0 Å². The summed E-state index contributed by atoms with van der Waals surface area (Å²) in [7, 11) is 0. The third-order valence-electron chi connectivity index (χ3n) is 1.82. The summed E-state index contributed by atoms with van der Waals surface area (Å²) in [6.07, 6.45) is 2.25. The normalized spacial score (nSPS) is 24.6. The highest BCUT2D eigenvalue weighted by Crippen LogP contribution is 2.12. The predicted molar refractivity (Wildman–Crippen MR) is 47.9 cm³/mol. The number of hydrogen-bond acceptors (Lipinski definition) is 2. The molecule has 1 atom stereocenters. The minimum absolute atomic E-state index is 0.508. The van der Waals surface area contributed by atoms with Gasteiger partial charge in [-0.15, -0.1) is 0 Å². The summed E-state index contributed by atoms with van der Waals surface area (Å²) in [6, 6.07) is 0.508. The van der Waals surface area contributed by atoms with Gasteiger partial charge in [-0.3, -0.25) is 0 Å². The zero-order valence-corrected chi connectivity index (χ0v) is 7.89. The van der Waals surface area contributed by atoms with Gasteiger partial charge < -0.3 is 5.01 Å². The number of hydrogen-bond donors (Lipinski definition) is 1. The molecule has 0 fully saturated rings. The highest BCUT2D eigenvalue weighted by atomic mass is 15.5. The van der Waals surface area contributed by atoms with Crippen LogP contribution in [-0.4, -0.2) is 17.6 Å². The van der Waals surface area contributed by atoms with Crippen molar-refractivity contribution < 1.29 is 0 Å². The third-order valence-corrected chi connectivity index (χ3v) is 1.82. The van der Waals surface area contributed by atoms with Crippen LogP contribution < -0.4 is 5.43 Å². The Balaban J connectivity index is 2.44. The van der Waals surface area contributed by atoms with Gasteiger partial charge in [0.1, 0.15) is 0 Å². The summed E-state index contributed by atoms with van der Waals surface area (Å²) in [5.74, 6) is 0.719. The van der Waals surface area contributed by atoms with E-state index in [-0.39, 0.29) is 0 Å². The minimum atomic E-state index is 0.508. The summed E-state index contributed by atoms with van der Waals surface area (Å²) >= 11 is 0. The van der Waals surface area contributed by atoms with Crippen molar-refractivity contribution in [2.75, 3.05) is 6.54 Å². The van der Waals surface area contributed by atoms with Gasteiger partial charge in [0.15, 0.2) is 0 Å². The van der Waals surface area contributed by atoms with Crippen molar-refractivity contribution in [2.24, 2.45) is 5.92 Å². The van der Waals surface area contributed by atoms with Gasteiger partial charge in [0.2, 0.25) is 0 Å². The van der Waals surface area contributed by atoms with Gasteiger partial charge in [0.25, 0.3) is 0 Å². The fourth-order valence-electron chi connectivity index (χ4n) is 1.40. The lowest BCUT2D eigenvalue weighted by Crippen LogP contribution is -2.37. The van der Waals surface area contributed by atoms with Gasteiger partial charge >= 0.3 is 0 Å². The smallest absolute Gasteiger partial charge is 0.0434 e. The molecule has 0 radical (unpaired) electrons. The maximum Gasteiger partial charge on any atom is 0.0434 e. The first-order chi connectivity index (χ1) is 5.09. The standard InChI is InChI=1S/C9H18N2/c1-7(2)6-11-9(4)5-8(3)10-11/h5,7-8,10H,6H2,1-4H3. The second-order valence-corrected chi connectivity index (χ2v) is 3.73. The van der Waals surface area contributed by atoms with Crippen LogP contribution in [0.15, 0.2) is 11.8 Å². The van der Waals surface area contributed by atoms with E-state index < -0.39 is 0 Å². The number of rotatable bonds is 2. The molecule has 1 aliphatic heterocycles. The molecule has 0 aromatic heterocycles. The Morgan fingerprint density at radius 2 is 2.27 bits per heavy atom. The van der Waals surface area contributed by atoms with Crippen LogP contribution in [0.5, 0.6) is 0 Å². The average Bonchev–Trinajstić information content (AvgIpc) is 2.09. The minimum Gasteiger partial charge on any atom is -0.312 e. The number of nitrogens with one attached hydrogen (secondary N) is 1. The molecule has 0 aliphatic carbocycles. The summed E-state index contributed by atoms with van der Waals surface area (Å²) < 4.78 is 0. The molecule has 0 spiro atoms. The fourth-order valence-corrected chi connectivity index (χ4v) is 1.40. The molecule has 0 saturated carbocycles. The Morgan fingerprint density at radius 1 is 1.64 bits per heavy atom. The Hall–Kier alpha value is -0.500. The third kappa shape index (κ3) is 2.22.